The van der Waals surface area contributed by atoms with E-state index >= 15 is 0 Å². The second-order valence-electron chi connectivity index (χ2n) is 7.85. The largest absolute Gasteiger partial charge is 0.382 e. The minimum absolute atomic E-state index is 0.0370. The van der Waals surface area contributed by atoms with E-state index in [2.05, 4.69) is 25.3 Å². The molecular weight excluding hydrogens is 460 g/mol. The van der Waals surface area contributed by atoms with Gasteiger partial charge in [-0.15, -0.1) is 11.3 Å². The molecule has 3 heterocycles. The van der Waals surface area contributed by atoms with Crippen LogP contribution in [0.4, 0.5) is 8.78 Å². The number of nitrogens with zero attached hydrogens (tertiary/aromatic N) is 6. The second-order valence-corrected chi connectivity index (χ2v) is 8.74. The van der Waals surface area contributed by atoms with Gasteiger partial charge in [-0.05, 0) is 6.07 Å². The van der Waals surface area contributed by atoms with Crippen molar-refractivity contribution in [2.75, 3.05) is 0 Å². The Kier molecular flexibility index (Phi) is 5.72. The molecule has 0 unspecified atom stereocenters. The zero-order valence-electron chi connectivity index (χ0n) is 17.9. The molecule has 34 heavy (non-hydrogen) atoms. The summed E-state index contributed by atoms with van der Waals surface area (Å²) < 4.78 is 29.8. The lowest BCUT2D eigenvalue weighted by molar-refractivity contribution is -0.0112. The van der Waals surface area contributed by atoms with Crippen LogP contribution in [-0.2, 0) is 12.1 Å². The molecule has 2 aromatic carbocycles. The van der Waals surface area contributed by atoms with Crippen molar-refractivity contribution in [3.63, 3.8) is 0 Å². The lowest BCUT2D eigenvalue weighted by Gasteiger charge is -2.33. The van der Waals surface area contributed by atoms with Crippen LogP contribution in [0.3, 0.4) is 0 Å². The van der Waals surface area contributed by atoms with Gasteiger partial charge in [0.2, 0.25) is 0 Å². The molecule has 5 rings (SSSR count). The molecule has 0 aliphatic heterocycles. The van der Waals surface area contributed by atoms with E-state index in [4.69, 9.17) is 4.98 Å². The zero-order chi connectivity index (χ0) is 23.7. The summed E-state index contributed by atoms with van der Waals surface area (Å²) in [5.41, 5.74) is 0.699. The quantitative estimate of drug-likeness (QED) is 0.363. The number of nitrogens with one attached hydrogen (secondary N) is 1. The number of aromatic nitrogens is 7. The maximum absolute atomic E-state index is 14.8. The minimum Gasteiger partial charge on any atom is -0.382 e. The molecule has 0 bridgehead atoms. The van der Waals surface area contributed by atoms with Crippen molar-refractivity contribution in [2.45, 2.75) is 25.0 Å². The van der Waals surface area contributed by atoms with E-state index in [1.807, 2.05) is 29.6 Å². The number of halogens is 2. The number of benzene rings is 2. The van der Waals surface area contributed by atoms with Crippen molar-refractivity contribution >= 4 is 11.3 Å². The highest BCUT2D eigenvalue weighted by molar-refractivity contribution is 7.10. The number of rotatable bonds is 7. The molecule has 3 aromatic heterocycles. The van der Waals surface area contributed by atoms with Gasteiger partial charge in [0.15, 0.2) is 5.82 Å². The first-order valence-electron chi connectivity index (χ1n) is 10.4. The first-order valence-corrected chi connectivity index (χ1v) is 11.2. The van der Waals surface area contributed by atoms with Gasteiger partial charge in [0.25, 0.3) is 0 Å². The highest BCUT2D eigenvalue weighted by Crippen LogP contribution is 2.41. The molecule has 2 N–H and O–H groups in total. The summed E-state index contributed by atoms with van der Waals surface area (Å²) >= 11 is 1.36. The maximum atomic E-state index is 14.8. The Labute approximate surface area is 197 Å². The van der Waals surface area contributed by atoms with Crippen LogP contribution in [0.15, 0.2) is 66.8 Å². The normalized spacial score (nSPS) is 14.1. The molecule has 0 fully saturated rings. The zero-order valence-corrected chi connectivity index (χ0v) is 18.7. The molecule has 8 nitrogen and oxygen atoms in total. The first kappa shape index (κ1) is 22.0. The molecule has 0 saturated carbocycles. The van der Waals surface area contributed by atoms with Crippen molar-refractivity contribution in [2.24, 2.45) is 0 Å². The molecule has 11 heteroatoms. The van der Waals surface area contributed by atoms with Crippen LogP contribution in [0.1, 0.15) is 23.4 Å². The predicted molar refractivity (Wildman–Crippen MR) is 122 cm³/mol. The summed E-state index contributed by atoms with van der Waals surface area (Å²) in [4.78, 5) is 12.8. The highest BCUT2D eigenvalue weighted by atomic mass is 32.1. The fraction of sp³-hybridized carbons (Fsp3) is 0.174. The third-order valence-corrected chi connectivity index (χ3v) is 6.77. The summed E-state index contributed by atoms with van der Waals surface area (Å²) in [6, 6.07) is 10.8. The Morgan fingerprint density at radius 2 is 1.91 bits per heavy atom. The Balaban J connectivity index is 1.48. The van der Waals surface area contributed by atoms with E-state index in [-0.39, 0.29) is 12.1 Å². The van der Waals surface area contributed by atoms with Crippen LogP contribution < -0.4 is 0 Å². The lowest BCUT2D eigenvalue weighted by atomic mass is 9.82. The predicted octanol–water partition coefficient (Wildman–Crippen LogP) is 4.16. The summed E-state index contributed by atoms with van der Waals surface area (Å²) in [5, 5.41) is 25.0. The SMILES string of the molecule is C[C@@H](c1nc(-c2ccc(-c3ncn[nH]3)cc2)cs1)[C@](O)(Cn1cncn1)c1ccc(F)cc1F. The van der Waals surface area contributed by atoms with Gasteiger partial charge in [0, 0.05) is 34.1 Å². The van der Waals surface area contributed by atoms with Crippen molar-refractivity contribution in [1.82, 2.24) is 34.9 Å². The molecule has 172 valence electrons. The average molecular weight is 480 g/mol. The van der Waals surface area contributed by atoms with E-state index in [0.717, 1.165) is 29.0 Å². The fourth-order valence-corrected chi connectivity index (χ4v) is 4.80. The summed E-state index contributed by atoms with van der Waals surface area (Å²) in [7, 11) is 0. The molecule has 0 radical (unpaired) electrons. The number of hydrogen-bond donors (Lipinski definition) is 2. The van der Waals surface area contributed by atoms with Crippen molar-refractivity contribution in [3.05, 3.63) is 89.0 Å². The van der Waals surface area contributed by atoms with Crippen LogP contribution >= 0.6 is 11.3 Å². The molecule has 0 aliphatic rings. The number of thiazole rings is 1. The monoisotopic (exact) mass is 479 g/mol. The second kappa shape index (κ2) is 8.84. The third-order valence-electron chi connectivity index (χ3n) is 5.75. The molecule has 5 aromatic rings. The van der Waals surface area contributed by atoms with Crippen molar-refractivity contribution in [1.29, 1.82) is 0 Å². The van der Waals surface area contributed by atoms with Crippen molar-refractivity contribution < 1.29 is 13.9 Å². The number of H-pyrrole nitrogens is 1. The topological polar surface area (TPSA) is 105 Å². The van der Waals surface area contributed by atoms with Gasteiger partial charge in [-0.3, -0.25) is 5.10 Å². The highest BCUT2D eigenvalue weighted by Gasteiger charge is 2.41. The van der Waals surface area contributed by atoms with Gasteiger partial charge in [0.05, 0.1) is 17.2 Å². The number of aromatic amines is 1. The minimum atomic E-state index is -1.75. The first-order chi connectivity index (χ1) is 16.4. The fourth-order valence-electron chi connectivity index (χ4n) is 3.82. The maximum Gasteiger partial charge on any atom is 0.155 e. The average Bonchev–Trinajstić information content (AvgIpc) is 3.61. The number of aliphatic hydroxyl groups is 1. The van der Waals surface area contributed by atoms with Gasteiger partial charge < -0.3 is 5.11 Å². The van der Waals surface area contributed by atoms with Crippen LogP contribution in [0.5, 0.6) is 0 Å². The lowest BCUT2D eigenvalue weighted by Crippen LogP contribution is -2.38. The number of hydrogen-bond acceptors (Lipinski definition) is 7. The van der Waals surface area contributed by atoms with Crippen LogP contribution in [0, 0.1) is 11.6 Å². The smallest absolute Gasteiger partial charge is 0.155 e. The molecule has 0 amide bonds. The third kappa shape index (κ3) is 4.11. The van der Waals surface area contributed by atoms with Crippen LogP contribution in [-0.4, -0.2) is 40.0 Å². The van der Waals surface area contributed by atoms with Gasteiger partial charge in [-0.1, -0.05) is 37.3 Å². The Morgan fingerprint density at radius 3 is 2.59 bits per heavy atom. The van der Waals surface area contributed by atoms with E-state index in [1.165, 1.54) is 41.1 Å². The molecule has 2 atom stereocenters. The molecule has 0 spiro atoms. The molecule has 0 aliphatic carbocycles. The molecular formula is C23H19F2N7OS. The summed E-state index contributed by atoms with van der Waals surface area (Å²) in [5.74, 6) is -1.53. The summed E-state index contributed by atoms with van der Waals surface area (Å²) in [6.45, 7) is 1.67. The van der Waals surface area contributed by atoms with Gasteiger partial charge >= 0.3 is 0 Å². The summed E-state index contributed by atoms with van der Waals surface area (Å²) in [6.07, 6.45) is 4.21. The van der Waals surface area contributed by atoms with Crippen LogP contribution in [0.2, 0.25) is 0 Å². The van der Waals surface area contributed by atoms with E-state index < -0.39 is 23.2 Å². The Hall–Kier alpha value is -3.83. The molecule has 0 saturated heterocycles. The van der Waals surface area contributed by atoms with E-state index in [9.17, 15) is 13.9 Å². The Bertz CT molecular complexity index is 1390. The van der Waals surface area contributed by atoms with Gasteiger partial charge in [-0.2, -0.15) is 10.2 Å². The van der Waals surface area contributed by atoms with Crippen LogP contribution in [0.25, 0.3) is 22.6 Å². The van der Waals surface area contributed by atoms with E-state index in [0.29, 0.717) is 10.8 Å². The standard InChI is InChI=1S/C23H19F2N7OS/c1-14(23(33,10-32-13-26-11-29-32)18-7-6-17(24)8-19(18)25)22-30-20(9-34-22)15-2-4-16(5-3-15)21-27-12-28-31-21/h2-9,11-14,33H,10H2,1H3,(H,27,28,31)/t14-,23+/m0/s1. The van der Waals surface area contributed by atoms with Crippen molar-refractivity contribution in [3.8, 4) is 22.6 Å². The Morgan fingerprint density at radius 1 is 1.12 bits per heavy atom. The van der Waals surface area contributed by atoms with E-state index in [1.54, 1.807) is 6.92 Å². The van der Waals surface area contributed by atoms with Gasteiger partial charge in [0.1, 0.15) is 36.2 Å². The van der Waals surface area contributed by atoms with Gasteiger partial charge in [-0.25, -0.2) is 28.4 Å².